The van der Waals surface area contributed by atoms with Crippen LogP contribution >= 0.6 is 0 Å². The summed E-state index contributed by atoms with van der Waals surface area (Å²) in [5.41, 5.74) is 8.78. The Kier molecular flexibility index (Phi) is 3.88. The highest BCUT2D eigenvalue weighted by Crippen LogP contribution is 2.26. The first-order valence-corrected chi connectivity index (χ1v) is 6.98. The highest BCUT2D eigenvalue weighted by Gasteiger charge is 2.10. The van der Waals surface area contributed by atoms with Crippen LogP contribution in [0.15, 0.2) is 48.7 Å². The van der Waals surface area contributed by atoms with E-state index in [9.17, 15) is 4.39 Å². The minimum absolute atomic E-state index is 0.272. The van der Waals surface area contributed by atoms with Crippen LogP contribution in [-0.4, -0.2) is 16.5 Å². The third kappa shape index (κ3) is 2.90. The zero-order chi connectivity index (χ0) is 14.7. The third-order valence-electron chi connectivity index (χ3n) is 3.38. The lowest BCUT2D eigenvalue weighted by atomic mass is 10.1. The Balaban J connectivity index is 2.19. The number of fused-ring (bicyclic) bond motifs is 1. The molecule has 0 aliphatic carbocycles. The Labute approximate surface area is 122 Å². The summed E-state index contributed by atoms with van der Waals surface area (Å²) in [4.78, 5) is 9.06. The predicted octanol–water partition coefficient (Wildman–Crippen LogP) is 3.33. The number of aryl methyl sites for hydroxylation is 1. The summed E-state index contributed by atoms with van der Waals surface area (Å²) in [6.45, 7) is 0.627. The number of rotatable bonds is 4. The first-order valence-electron chi connectivity index (χ1n) is 6.98. The second-order valence-corrected chi connectivity index (χ2v) is 4.94. The number of benzene rings is 1. The summed E-state index contributed by atoms with van der Waals surface area (Å²) in [6.07, 6.45) is 3.41. The minimum Gasteiger partial charge on any atom is -0.330 e. The average Bonchev–Trinajstić information content (AvgIpc) is 2.52. The van der Waals surface area contributed by atoms with Crippen molar-refractivity contribution in [2.45, 2.75) is 12.8 Å². The fraction of sp³-hybridized carbons (Fsp3) is 0.176. The number of aromatic nitrogens is 2. The van der Waals surface area contributed by atoms with E-state index in [1.54, 1.807) is 12.3 Å². The Morgan fingerprint density at radius 1 is 1.10 bits per heavy atom. The average molecular weight is 281 g/mol. The van der Waals surface area contributed by atoms with E-state index in [4.69, 9.17) is 5.73 Å². The highest BCUT2D eigenvalue weighted by molar-refractivity contribution is 5.91. The van der Waals surface area contributed by atoms with Crippen LogP contribution in [0, 0.1) is 5.82 Å². The van der Waals surface area contributed by atoms with Crippen molar-refractivity contribution in [3.63, 3.8) is 0 Å². The molecule has 3 aromatic rings. The van der Waals surface area contributed by atoms with Crippen LogP contribution in [0.1, 0.15) is 12.1 Å². The molecule has 4 heteroatoms. The van der Waals surface area contributed by atoms with E-state index in [1.807, 2.05) is 24.3 Å². The smallest absolute Gasteiger partial charge is 0.123 e. The first-order chi connectivity index (χ1) is 10.3. The van der Waals surface area contributed by atoms with Gasteiger partial charge in [0.05, 0.1) is 11.2 Å². The Morgan fingerprint density at radius 2 is 2.00 bits per heavy atom. The van der Waals surface area contributed by atoms with Crippen LogP contribution < -0.4 is 5.73 Å². The van der Waals surface area contributed by atoms with E-state index in [0.29, 0.717) is 6.54 Å². The van der Waals surface area contributed by atoms with Crippen LogP contribution in [-0.2, 0) is 6.42 Å². The number of pyridine rings is 2. The topological polar surface area (TPSA) is 51.8 Å². The van der Waals surface area contributed by atoms with Gasteiger partial charge in [-0.1, -0.05) is 18.2 Å². The van der Waals surface area contributed by atoms with Crippen molar-refractivity contribution >= 4 is 10.9 Å². The highest BCUT2D eigenvalue weighted by atomic mass is 19.1. The Bertz CT molecular complexity index is 771. The number of halogens is 1. The van der Waals surface area contributed by atoms with Crippen molar-refractivity contribution < 1.29 is 4.39 Å². The second-order valence-electron chi connectivity index (χ2n) is 4.94. The fourth-order valence-corrected chi connectivity index (χ4v) is 2.39. The summed E-state index contributed by atoms with van der Waals surface area (Å²) < 4.78 is 13.5. The summed E-state index contributed by atoms with van der Waals surface area (Å²) in [7, 11) is 0. The van der Waals surface area contributed by atoms with E-state index in [-0.39, 0.29) is 5.82 Å². The molecular formula is C17H16FN3. The molecule has 3 nitrogen and oxygen atoms in total. The summed E-state index contributed by atoms with van der Waals surface area (Å²) in [5, 5.41) is 1.01. The number of nitrogens with zero attached hydrogens (tertiary/aromatic N) is 2. The molecule has 1 aromatic carbocycles. The summed E-state index contributed by atoms with van der Waals surface area (Å²) in [6, 6.07) is 12.4. The van der Waals surface area contributed by atoms with E-state index in [1.165, 1.54) is 12.1 Å². The van der Waals surface area contributed by atoms with Crippen LogP contribution in [0.25, 0.3) is 22.2 Å². The SMILES string of the molecule is NCCCc1cc2cccnc2c(-c2cccc(F)c2)n1. The standard InChI is InChI=1S/C17H16FN3/c18-14-6-1-4-12(10-14)17-16-13(5-3-9-20-16)11-15(21-17)7-2-8-19/h1,3-6,9-11H,2,7-8,19H2. The van der Waals surface area contributed by atoms with Gasteiger partial charge in [-0.25, -0.2) is 4.39 Å². The van der Waals surface area contributed by atoms with E-state index < -0.39 is 0 Å². The van der Waals surface area contributed by atoms with Gasteiger partial charge < -0.3 is 5.73 Å². The number of nitrogens with two attached hydrogens (primary N) is 1. The lowest BCUT2D eigenvalue weighted by molar-refractivity contribution is 0.628. The molecule has 0 fully saturated rings. The number of hydrogen-bond donors (Lipinski definition) is 1. The van der Waals surface area contributed by atoms with Gasteiger partial charge in [-0.2, -0.15) is 0 Å². The zero-order valence-electron chi connectivity index (χ0n) is 11.6. The molecule has 2 heterocycles. The lowest BCUT2D eigenvalue weighted by Crippen LogP contribution is -2.02. The van der Waals surface area contributed by atoms with Gasteiger partial charge in [0.1, 0.15) is 5.82 Å². The van der Waals surface area contributed by atoms with Gasteiger partial charge in [-0.3, -0.25) is 9.97 Å². The van der Waals surface area contributed by atoms with Crippen molar-refractivity contribution in [2.24, 2.45) is 5.73 Å². The predicted molar refractivity (Wildman–Crippen MR) is 82.3 cm³/mol. The van der Waals surface area contributed by atoms with Crippen molar-refractivity contribution in [3.8, 4) is 11.3 Å². The van der Waals surface area contributed by atoms with Crippen LogP contribution in [0.2, 0.25) is 0 Å². The Morgan fingerprint density at radius 3 is 2.81 bits per heavy atom. The van der Waals surface area contributed by atoms with Crippen molar-refractivity contribution in [1.82, 2.24) is 9.97 Å². The normalized spacial score (nSPS) is 11.0. The van der Waals surface area contributed by atoms with Gasteiger partial charge in [-0.05, 0) is 43.7 Å². The molecule has 2 N–H and O–H groups in total. The lowest BCUT2D eigenvalue weighted by Gasteiger charge is -2.09. The molecule has 0 unspecified atom stereocenters. The molecule has 2 aromatic heterocycles. The van der Waals surface area contributed by atoms with E-state index in [0.717, 1.165) is 40.7 Å². The van der Waals surface area contributed by atoms with Gasteiger partial charge in [0.15, 0.2) is 0 Å². The van der Waals surface area contributed by atoms with Gasteiger partial charge >= 0.3 is 0 Å². The molecule has 0 spiro atoms. The van der Waals surface area contributed by atoms with Crippen LogP contribution in [0.3, 0.4) is 0 Å². The van der Waals surface area contributed by atoms with Gasteiger partial charge in [-0.15, -0.1) is 0 Å². The molecule has 0 aliphatic heterocycles. The minimum atomic E-state index is -0.272. The molecule has 0 amide bonds. The molecule has 0 saturated carbocycles. The molecule has 0 saturated heterocycles. The van der Waals surface area contributed by atoms with E-state index in [2.05, 4.69) is 9.97 Å². The van der Waals surface area contributed by atoms with E-state index >= 15 is 0 Å². The zero-order valence-corrected chi connectivity index (χ0v) is 11.6. The largest absolute Gasteiger partial charge is 0.330 e. The van der Waals surface area contributed by atoms with Gasteiger partial charge in [0.2, 0.25) is 0 Å². The molecule has 21 heavy (non-hydrogen) atoms. The third-order valence-corrected chi connectivity index (χ3v) is 3.38. The fourth-order valence-electron chi connectivity index (χ4n) is 2.39. The van der Waals surface area contributed by atoms with Crippen LogP contribution in [0.4, 0.5) is 4.39 Å². The molecule has 0 radical (unpaired) electrons. The first kappa shape index (κ1) is 13.6. The van der Waals surface area contributed by atoms with Crippen molar-refractivity contribution in [2.75, 3.05) is 6.54 Å². The Hall–Kier alpha value is -2.33. The molecule has 0 bridgehead atoms. The maximum absolute atomic E-state index is 13.5. The number of hydrogen-bond acceptors (Lipinski definition) is 3. The van der Waals surface area contributed by atoms with Gasteiger partial charge in [0.25, 0.3) is 0 Å². The summed E-state index contributed by atoms with van der Waals surface area (Å²) in [5.74, 6) is -0.272. The molecule has 0 atom stereocenters. The quantitative estimate of drug-likeness (QED) is 0.798. The second kappa shape index (κ2) is 5.97. The summed E-state index contributed by atoms with van der Waals surface area (Å²) >= 11 is 0. The molecule has 106 valence electrons. The molecule has 0 aliphatic rings. The van der Waals surface area contributed by atoms with Gasteiger partial charge in [0, 0.05) is 22.8 Å². The van der Waals surface area contributed by atoms with Crippen molar-refractivity contribution in [3.05, 3.63) is 60.2 Å². The molecule has 3 rings (SSSR count). The van der Waals surface area contributed by atoms with Crippen LogP contribution in [0.5, 0.6) is 0 Å². The maximum atomic E-state index is 13.5. The monoisotopic (exact) mass is 281 g/mol. The maximum Gasteiger partial charge on any atom is 0.123 e. The molecular weight excluding hydrogens is 265 g/mol. The van der Waals surface area contributed by atoms with Crippen molar-refractivity contribution in [1.29, 1.82) is 0 Å².